The molecule has 0 saturated carbocycles. The molecule has 0 aliphatic carbocycles. The zero-order valence-electron chi connectivity index (χ0n) is 6.86. The molecule has 4 nitrogen and oxygen atoms in total. The lowest BCUT2D eigenvalue weighted by Crippen LogP contribution is -1.97. The summed E-state index contributed by atoms with van der Waals surface area (Å²) in [5.41, 5.74) is 1.54. The zero-order valence-corrected chi connectivity index (χ0v) is 6.86. The first-order valence-electron chi connectivity index (χ1n) is 3.82. The number of hydrogen-bond donors (Lipinski definition) is 2. The monoisotopic (exact) mass is 179 g/mol. The lowest BCUT2D eigenvalue weighted by Gasteiger charge is -1.95. The van der Waals surface area contributed by atoms with Gasteiger partial charge in [-0.25, -0.2) is 5.90 Å². The SMILES string of the molecule is NOCc1coc2ccc(O)cc12. The minimum Gasteiger partial charge on any atom is -0.508 e. The van der Waals surface area contributed by atoms with Crippen molar-refractivity contribution < 1.29 is 14.4 Å². The van der Waals surface area contributed by atoms with Crippen LogP contribution in [0.25, 0.3) is 11.0 Å². The predicted molar refractivity (Wildman–Crippen MR) is 46.9 cm³/mol. The highest BCUT2D eigenvalue weighted by Crippen LogP contribution is 2.25. The number of furan rings is 1. The van der Waals surface area contributed by atoms with E-state index in [1.54, 1.807) is 24.5 Å². The van der Waals surface area contributed by atoms with Gasteiger partial charge in [0.15, 0.2) is 0 Å². The third-order valence-corrected chi connectivity index (χ3v) is 1.88. The average molecular weight is 179 g/mol. The van der Waals surface area contributed by atoms with Gasteiger partial charge in [0.2, 0.25) is 0 Å². The fraction of sp³-hybridized carbons (Fsp3) is 0.111. The van der Waals surface area contributed by atoms with Crippen molar-refractivity contribution >= 4 is 11.0 Å². The van der Waals surface area contributed by atoms with Crippen LogP contribution >= 0.6 is 0 Å². The van der Waals surface area contributed by atoms with Gasteiger partial charge in [-0.2, -0.15) is 0 Å². The summed E-state index contributed by atoms with van der Waals surface area (Å²) in [4.78, 5) is 4.49. The predicted octanol–water partition coefficient (Wildman–Crippen LogP) is 1.53. The second kappa shape index (κ2) is 3.08. The Balaban J connectivity index is 2.58. The Morgan fingerprint density at radius 3 is 3.08 bits per heavy atom. The summed E-state index contributed by atoms with van der Waals surface area (Å²) in [7, 11) is 0. The third kappa shape index (κ3) is 1.37. The molecule has 0 bridgehead atoms. The van der Waals surface area contributed by atoms with Crippen molar-refractivity contribution in [2.75, 3.05) is 0 Å². The number of phenols is 1. The molecule has 1 aromatic carbocycles. The van der Waals surface area contributed by atoms with Crippen molar-refractivity contribution in [2.45, 2.75) is 6.61 Å². The van der Waals surface area contributed by atoms with E-state index in [2.05, 4.69) is 4.84 Å². The second-order valence-electron chi connectivity index (χ2n) is 2.75. The van der Waals surface area contributed by atoms with Crippen molar-refractivity contribution in [2.24, 2.45) is 5.90 Å². The lowest BCUT2D eigenvalue weighted by molar-refractivity contribution is 0.124. The van der Waals surface area contributed by atoms with E-state index in [-0.39, 0.29) is 12.4 Å². The Hall–Kier alpha value is -1.52. The van der Waals surface area contributed by atoms with Gasteiger partial charge in [0.05, 0.1) is 12.9 Å². The van der Waals surface area contributed by atoms with Crippen LogP contribution in [0.4, 0.5) is 0 Å². The third-order valence-electron chi connectivity index (χ3n) is 1.88. The van der Waals surface area contributed by atoms with Crippen molar-refractivity contribution in [1.82, 2.24) is 0 Å². The standard InChI is InChI=1S/C9H9NO3/c10-13-5-6-4-12-9-2-1-7(11)3-8(6)9/h1-4,11H,5,10H2. The Bertz CT molecular complexity index is 422. The molecule has 4 heteroatoms. The number of aromatic hydroxyl groups is 1. The van der Waals surface area contributed by atoms with Crippen LogP contribution in [0.15, 0.2) is 28.9 Å². The summed E-state index contributed by atoms with van der Waals surface area (Å²) in [6.45, 7) is 0.274. The number of hydrogen-bond acceptors (Lipinski definition) is 4. The van der Waals surface area contributed by atoms with Gasteiger partial charge in [0.25, 0.3) is 0 Å². The Morgan fingerprint density at radius 2 is 2.31 bits per heavy atom. The van der Waals surface area contributed by atoms with Crippen LogP contribution < -0.4 is 5.90 Å². The van der Waals surface area contributed by atoms with Crippen LogP contribution in [0.2, 0.25) is 0 Å². The van der Waals surface area contributed by atoms with Crippen LogP contribution in [-0.2, 0) is 11.4 Å². The van der Waals surface area contributed by atoms with Crippen LogP contribution in [0, 0.1) is 0 Å². The van der Waals surface area contributed by atoms with Crippen LogP contribution in [-0.4, -0.2) is 5.11 Å². The molecule has 0 unspecified atom stereocenters. The van der Waals surface area contributed by atoms with E-state index in [1.165, 1.54) is 0 Å². The number of rotatable bonds is 2. The number of fused-ring (bicyclic) bond motifs is 1. The van der Waals surface area contributed by atoms with Gasteiger partial charge >= 0.3 is 0 Å². The average Bonchev–Trinajstić information content (AvgIpc) is 2.49. The fourth-order valence-electron chi connectivity index (χ4n) is 1.27. The minimum atomic E-state index is 0.201. The highest BCUT2D eigenvalue weighted by Gasteiger charge is 2.05. The van der Waals surface area contributed by atoms with Crippen LogP contribution in [0.5, 0.6) is 5.75 Å². The molecule has 1 aromatic heterocycles. The van der Waals surface area contributed by atoms with Crippen molar-refractivity contribution in [3.05, 3.63) is 30.0 Å². The second-order valence-corrected chi connectivity index (χ2v) is 2.75. The minimum absolute atomic E-state index is 0.201. The van der Waals surface area contributed by atoms with Crippen LogP contribution in [0.1, 0.15) is 5.56 Å². The number of benzene rings is 1. The quantitative estimate of drug-likeness (QED) is 0.686. The first-order valence-corrected chi connectivity index (χ1v) is 3.82. The van der Waals surface area contributed by atoms with Crippen molar-refractivity contribution in [1.29, 1.82) is 0 Å². The van der Waals surface area contributed by atoms with Crippen LogP contribution in [0.3, 0.4) is 0 Å². The molecule has 1 heterocycles. The lowest BCUT2D eigenvalue weighted by atomic mass is 10.2. The summed E-state index contributed by atoms with van der Waals surface area (Å²) < 4.78 is 5.21. The molecule has 0 fully saturated rings. The highest BCUT2D eigenvalue weighted by molar-refractivity contribution is 5.82. The molecule has 0 atom stereocenters. The van der Waals surface area contributed by atoms with Gasteiger partial charge < -0.3 is 9.52 Å². The Morgan fingerprint density at radius 1 is 1.46 bits per heavy atom. The van der Waals surface area contributed by atoms with Crippen molar-refractivity contribution in [3.63, 3.8) is 0 Å². The maximum atomic E-state index is 9.23. The molecule has 68 valence electrons. The molecular formula is C9H9NO3. The Kier molecular flexibility index (Phi) is 1.92. The smallest absolute Gasteiger partial charge is 0.134 e. The summed E-state index contributed by atoms with van der Waals surface area (Å²) in [5.74, 6) is 5.15. The van der Waals surface area contributed by atoms with Gasteiger partial charge in [0, 0.05) is 10.9 Å². The van der Waals surface area contributed by atoms with Gasteiger partial charge in [-0.1, -0.05) is 0 Å². The topological polar surface area (TPSA) is 68.6 Å². The van der Waals surface area contributed by atoms with E-state index in [4.69, 9.17) is 10.3 Å². The van der Waals surface area contributed by atoms with E-state index in [0.717, 1.165) is 10.9 Å². The summed E-state index contributed by atoms with van der Waals surface area (Å²) in [5, 5.41) is 10.1. The molecule has 0 saturated heterocycles. The number of nitrogens with two attached hydrogens (primary N) is 1. The summed E-state index contributed by atoms with van der Waals surface area (Å²) >= 11 is 0. The largest absolute Gasteiger partial charge is 0.508 e. The van der Waals surface area contributed by atoms with E-state index in [0.29, 0.717) is 5.58 Å². The molecule has 0 aliphatic rings. The first-order chi connectivity index (χ1) is 6.31. The molecule has 2 aromatic rings. The van der Waals surface area contributed by atoms with Gasteiger partial charge in [-0.3, -0.25) is 4.84 Å². The highest BCUT2D eigenvalue weighted by atomic mass is 16.6. The molecule has 0 radical (unpaired) electrons. The van der Waals surface area contributed by atoms with Gasteiger partial charge in [-0.15, -0.1) is 0 Å². The molecule has 3 N–H and O–H groups in total. The fourth-order valence-corrected chi connectivity index (χ4v) is 1.27. The van der Waals surface area contributed by atoms with Crippen molar-refractivity contribution in [3.8, 4) is 5.75 Å². The van der Waals surface area contributed by atoms with E-state index in [9.17, 15) is 5.11 Å². The molecule has 13 heavy (non-hydrogen) atoms. The summed E-state index contributed by atoms with van der Waals surface area (Å²) in [6, 6.07) is 4.89. The van der Waals surface area contributed by atoms with Gasteiger partial charge in [0.1, 0.15) is 11.3 Å². The zero-order chi connectivity index (χ0) is 9.26. The first kappa shape index (κ1) is 8.10. The molecular weight excluding hydrogens is 170 g/mol. The molecule has 2 rings (SSSR count). The number of phenolic OH excluding ortho intramolecular Hbond substituents is 1. The maximum absolute atomic E-state index is 9.23. The Labute approximate surface area is 74.5 Å². The van der Waals surface area contributed by atoms with Gasteiger partial charge in [-0.05, 0) is 18.2 Å². The normalized spacial score (nSPS) is 10.8. The molecule has 0 aliphatic heterocycles. The van der Waals surface area contributed by atoms with E-state index < -0.39 is 0 Å². The van der Waals surface area contributed by atoms with E-state index in [1.807, 2.05) is 0 Å². The molecule has 0 spiro atoms. The molecule has 0 amide bonds. The maximum Gasteiger partial charge on any atom is 0.134 e. The summed E-state index contributed by atoms with van der Waals surface area (Å²) in [6.07, 6.45) is 1.57. The van der Waals surface area contributed by atoms with E-state index >= 15 is 0 Å².